The minimum absolute atomic E-state index is 0.0768. The summed E-state index contributed by atoms with van der Waals surface area (Å²) in [6.45, 7) is 3.81. The molecule has 0 fully saturated rings. The van der Waals surface area contributed by atoms with Gasteiger partial charge in [-0.3, -0.25) is 4.79 Å². The van der Waals surface area contributed by atoms with Crippen LogP contribution in [0.1, 0.15) is 31.9 Å². The van der Waals surface area contributed by atoms with Gasteiger partial charge in [-0.2, -0.15) is 0 Å². The lowest BCUT2D eigenvalue weighted by Gasteiger charge is -2.15. The second-order valence-electron chi connectivity index (χ2n) is 4.32. The van der Waals surface area contributed by atoms with Gasteiger partial charge < -0.3 is 20.6 Å². The summed E-state index contributed by atoms with van der Waals surface area (Å²) in [4.78, 5) is 11.5. The van der Waals surface area contributed by atoms with E-state index in [2.05, 4.69) is 5.32 Å². The quantitative estimate of drug-likeness (QED) is 0.595. The average molecular weight is 253 g/mol. The molecule has 5 nitrogen and oxygen atoms in total. The van der Waals surface area contributed by atoms with Gasteiger partial charge in [0, 0.05) is 12.5 Å². The predicted octanol–water partition coefficient (Wildman–Crippen LogP) is 1.29. The zero-order valence-electron chi connectivity index (χ0n) is 10.6. The first kappa shape index (κ1) is 14.3. The van der Waals surface area contributed by atoms with Crippen molar-refractivity contribution >= 4 is 5.91 Å². The molecule has 0 aromatic heterocycles. The second kappa shape index (κ2) is 6.26. The third kappa shape index (κ3) is 3.63. The molecule has 0 heterocycles. The highest BCUT2D eigenvalue weighted by Crippen LogP contribution is 2.27. The molecule has 0 aliphatic carbocycles. The Kier molecular flexibility index (Phi) is 4.97. The summed E-state index contributed by atoms with van der Waals surface area (Å²) in [6.07, 6.45) is -0.174. The number of phenols is 2. The van der Waals surface area contributed by atoms with Crippen LogP contribution in [0.15, 0.2) is 18.2 Å². The largest absolute Gasteiger partial charge is 0.504 e. The molecule has 0 saturated heterocycles. The fourth-order valence-corrected chi connectivity index (χ4v) is 1.42. The molecule has 0 spiro atoms. The van der Waals surface area contributed by atoms with Crippen LogP contribution >= 0.6 is 0 Å². The number of nitrogens with one attached hydrogen (secondary N) is 1. The lowest BCUT2D eigenvalue weighted by molar-refractivity contribution is -0.125. The summed E-state index contributed by atoms with van der Waals surface area (Å²) < 4.78 is 0. The van der Waals surface area contributed by atoms with Crippen LogP contribution in [0.4, 0.5) is 0 Å². The Balaban J connectivity index is 2.57. The fourth-order valence-electron chi connectivity index (χ4n) is 1.42. The first-order chi connectivity index (χ1) is 8.45. The monoisotopic (exact) mass is 253 g/mol. The molecule has 4 N–H and O–H groups in total. The van der Waals surface area contributed by atoms with Crippen molar-refractivity contribution < 1.29 is 20.1 Å². The van der Waals surface area contributed by atoms with E-state index in [9.17, 15) is 15.0 Å². The van der Waals surface area contributed by atoms with Gasteiger partial charge in [-0.1, -0.05) is 19.9 Å². The molecule has 0 bridgehead atoms. The van der Waals surface area contributed by atoms with E-state index in [-0.39, 0.29) is 29.9 Å². The van der Waals surface area contributed by atoms with Gasteiger partial charge in [0.2, 0.25) is 5.91 Å². The van der Waals surface area contributed by atoms with Gasteiger partial charge in [0.25, 0.3) is 0 Å². The molecule has 0 radical (unpaired) electrons. The van der Waals surface area contributed by atoms with Crippen molar-refractivity contribution in [3.8, 4) is 11.5 Å². The molecule has 2 atom stereocenters. The maximum atomic E-state index is 11.5. The van der Waals surface area contributed by atoms with E-state index in [1.165, 1.54) is 18.2 Å². The maximum absolute atomic E-state index is 11.5. The molecule has 5 heteroatoms. The summed E-state index contributed by atoms with van der Waals surface area (Å²) in [7, 11) is 0. The van der Waals surface area contributed by atoms with Crippen LogP contribution in [-0.2, 0) is 4.79 Å². The summed E-state index contributed by atoms with van der Waals surface area (Å²) in [5.74, 6) is -0.737. The molecule has 0 aliphatic heterocycles. The summed E-state index contributed by atoms with van der Waals surface area (Å²) in [6, 6.07) is 4.06. The van der Waals surface area contributed by atoms with Gasteiger partial charge in [-0.25, -0.2) is 0 Å². The van der Waals surface area contributed by atoms with E-state index in [4.69, 9.17) is 5.11 Å². The van der Waals surface area contributed by atoms with Crippen LogP contribution in [0.2, 0.25) is 0 Å². The summed E-state index contributed by atoms with van der Waals surface area (Å²) >= 11 is 0. The number of hydrogen-bond acceptors (Lipinski definition) is 4. The van der Waals surface area contributed by atoms with Crippen molar-refractivity contribution in [3.05, 3.63) is 23.8 Å². The topological polar surface area (TPSA) is 89.8 Å². The number of hydrogen-bond donors (Lipinski definition) is 4. The van der Waals surface area contributed by atoms with Crippen LogP contribution in [0.5, 0.6) is 11.5 Å². The van der Waals surface area contributed by atoms with Crippen molar-refractivity contribution in [3.63, 3.8) is 0 Å². The van der Waals surface area contributed by atoms with E-state index in [0.717, 1.165) is 6.42 Å². The number of amides is 1. The smallest absolute Gasteiger partial charge is 0.222 e. The van der Waals surface area contributed by atoms with Gasteiger partial charge in [-0.05, 0) is 24.1 Å². The molecule has 0 aliphatic rings. The van der Waals surface area contributed by atoms with Crippen LogP contribution in [0.3, 0.4) is 0 Å². The van der Waals surface area contributed by atoms with E-state index < -0.39 is 6.10 Å². The molecule has 1 aromatic carbocycles. The average Bonchev–Trinajstić information content (AvgIpc) is 2.37. The van der Waals surface area contributed by atoms with Crippen LogP contribution in [0, 0.1) is 5.92 Å². The standard InChI is InChI=1S/C13H19NO4/c1-3-8(2)13(18)14-7-12(17)9-4-5-10(15)11(16)6-9/h4-6,8,12,15-17H,3,7H2,1-2H3,(H,14,18). The molecule has 1 aromatic rings. The third-order valence-corrected chi connectivity index (χ3v) is 2.91. The Morgan fingerprint density at radius 3 is 2.56 bits per heavy atom. The maximum Gasteiger partial charge on any atom is 0.222 e. The Hall–Kier alpha value is -1.75. The first-order valence-corrected chi connectivity index (χ1v) is 5.93. The minimum atomic E-state index is -0.912. The highest BCUT2D eigenvalue weighted by Gasteiger charge is 2.14. The Morgan fingerprint density at radius 1 is 1.33 bits per heavy atom. The van der Waals surface area contributed by atoms with Gasteiger partial charge >= 0.3 is 0 Å². The number of benzene rings is 1. The molecular formula is C13H19NO4. The van der Waals surface area contributed by atoms with Crippen molar-refractivity contribution in [2.45, 2.75) is 26.4 Å². The van der Waals surface area contributed by atoms with Gasteiger partial charge in [-0.15, -0.1) is 0 Å². The van der Waals surface area contributed by atoms with E-state index in [1.807, 2.05) is 13.8 Å². The molecule has 100 valence electrons. The van der Waals surface area contributed by atoms with Crippen molar-refractivity contribution in [2.24, 2.45) is 5.92 Å². The Morgan fingerprint density at radius 2 is 2.00 bits per heavy atom. The van der Waals surface area contributed by atoms with Crippen LogP contribution in [0.25, 0.3) is 0 Å². The summed E-state index contributed by atoms with van der Waals surface area (Å²) in [5, 5.41) is 30.9. The van der Waals surface area contributed by atoms with Crippen molar-refractivity contribution in [2.75, 3.05) is 6.54 Å². The molecule has 1 rings (SSSR count). The lowest BCUT2D eigenvalue weighted by atomic mass is 10.1. The number of aromatic hydroxyl groups is 2. The molecule has 0 saturated carbocycles. The number of carbonyl (C=O) groups excluding carboxylic acids is 1. The van der Waals surface area contributed by atoms with Crippen LogP contribution < -0.4 is 5.32 Å². The van der Waals surface area contributed by atoms with Gasteiger partial charge in [0.05, 0.1) is 6.10 Å². The predicted molar refractivity (Wildman–Crippen MR) is 67.2 cm³/mol. The van der Waals surface area contributed by atoms with Gasteiger partial charge in [0.15, 0.2) is 11.5 Å². The molecule has 18 heavy (non-hydrogen) atoms. The number of carbonyl (C=O) groups is 1. The van der Waals surface area contributed by atoms with Crippen LogP contribution in [-0.4, -0.2) is 27.8 Å². The number of aliphatic hydroxyl groups is 1. The lowest BCUT2D eigenvalue weighted by Crippen LogP contribution is -2.32. The molecular weight excluding hydrogens is 234 g/mol. The minimum Gasteiger partial charge on any atom is -0.504 e. The van der Waals surface area contributed by atoms with E-state index in [0.29, 0.717) is 5.56 Å². The normalized spacial score (nSPS) is 13.9. The van der Waals surface area contributed by atoms with E-state index in [1.54, 1.807) is 0 Å². The first-order valence-electron chi connectivity index (χ1n) is 5.93. The fraction of sp³-hybridized carbons (Fsp3) is 0.462. The molecule has 2 unspecified atom stereocenters. The van der Waals surface area contributed by atoms with E-state index >= 15 is 0 Å². The highest BCUT2D eigenvalue weighted by atomic mass is 16.3. The van der Waals surface area contributed by atoms with Gasteiger partial charge in [0.1, 0.15) is 0 Å². The zero-order chi connectivity index (χ0) is 13.7. The van der Waals surface area contributed by atoms with Crippen molar-refractivity contribution in [1.82, 2.24) is 5.32 Å². The molecule has 1 amide bonds. The zero-order valence-corrected chi connectivity index (χ0v) is 10.6. The highest BCUT2D eigenvalue weighted by molar-refractivity contribution is 5.78. The second-order valence-corrected chi connectivity index (χ2v) is 4.32. The number of rotatable bonds is 5. The Labute approximate surface area is 106 Å². The number of aliphatic hydroxyl groups excluding tert-OH is 1. The number of phenolic OH excluding ortho intramolecular Hbond substituents is 2. The SMILES string of the molecule is CCC(C)C(=O)NCC(O)c1ccc(O)c(O)c1. The van der Waals surface area contributed by atoms with Crippen molar-refractivity contribution in [1.29, 1.82) is 0 Å². The summed E-state index contributed by atoms with van der Waals surface area (Å²) in [5.41, 5.74) is 0.440. The Bertz CT molecular complexity index is 419. The third-order valence-electron chi connectivity index (χ3n) is 2.91.